The van der Waals surface area contributed by atoms with Crippen molar-refractivity contribution in [2.24, 2.45) is 0 Å². The number of carbonyl (C=O) groups is 1. The van der Waals surface area contributed by atoms with Gasteiger partial charge in [-0.05, 0) is 40.4 Å². The zero-order valence-corrected chi connectivity index (χ0v) is 9.30. The Morgan fingerprint density at radius 1 is 1.46 bits per heavy atom. The standard InChI is InChI=1S/C11H13BrO/c1-2-3-5-9-6-4-7-10(8-9)11(12)13/h4,6-8H,2-3,5H2,1H3. The van der Waals surface area contributed by atoms with Gasteiger partial charge >= 0.3 is 0 Å². The van der Waals surface area contributed by atoms with Gasteiger partial charge in [0, 0.05) is 5.56 Å². The third-order valence-electron chi connectivity index (χ3n) is 1.97. The van der Waals surface area contributed by atoms with Crippen LogP contribution in [0.1, 0.15) is 35.7 Å². The van der Waals surface area contributed by atoms with E-state index in [1.165, 1.54) is 18.4 Å². The summed E-state index contributed by atoms with van der Waals surface area (Å²) >= 11 is 2.95. The molecule has 0 atom stereocenters. The van der Waals surface area contributed by atoms with Crippen molar-refractivity contribution in [2.75, 3.05) is 0 Å². The summed E-state index contributed by atoms with van der Waals surface area (Å²) in [5.41, 5.74) is 1.99. The molecule has 0 aromatic heterocycles. The van der Waals surface area contributed by atoms with Gasteiger partial charge in [-0.1, -0.05) is 31.5 Å². The summed E-state index contributed by atoms with van der Waals surface area (Å²) in [7, 11) is 0. The molecule has 0 aliphatic carbocycles. The van der Waals surface area contributed by atoms with Crippen LogP contribution >= 0.6 is 15.9 Å². The highest BCUT2D eigenvalue weighted by Crippen LogP contribution is 2.11. The summed E-state index contributed by atoms with van der Waals surface area (Å²) in [4.78, 5) is 11.0. The molecule has 2 heteroatoms. The first-order valence-electron chi connectivity index (χ1n) is 4.53. The predicted octanol–water partition coefficient (Wildman–Crippen LogP) is 3.56. The lowest BCUT2D eigenvalue weighted by Gasteiger charge is -2.00. The SMILES string of the molecule is CCCCc1cccc(C(=O)Br)c1. The number of unbranched alkanes of at least 4 members (excludes halogenated alkanes) is 1. The molecule has 0 bridgehead atoms. The van der Waals surface area contributed by atoms with Gasteiger partial charge in [-0.25, -0.2) is 0 Å². The number of hydrogen-bond donors (Lipinski definition) is 0. The van der Waals surface area contributed by atoms with E-state index >= 15 is 0 Å². The van der Waals surface area contributed by atoms with Crippen molar-refractivity contribution in [3.05, 3.63) is 35.4 Å². The smallest absolute Gasteiger partial charge is 0.228 e. The van der Waals surface area contributed by atoms with Crippen LogP contribution in [0.2, 0.25) is 0 Å². The Morgan fingerprint density at radius 3 is 2.85 bits per heavy atom. The van der Waals surface area contributed by atoms with Crippen LogP contribution in [0.15, 0.2) is 24.3 Å². The molecular weight excluding hydrogens is 228 g/mol. The summed E-state index contributed by atoms with van der Waals surface area (Å²) in [5.74, 6) is 0. The van der Waals surface area contributed by atoms with Crippen molar-refractivity contribution in [1.82, 2.24) is 0 Å². The van der Waals surface area contributed by atoms with Crippen LogP contribution in [-0.2, 0) is 6.42 Å². The van der Waals surface area contributed by atoms with E-state index in [1.807, 2.05) is 18.2 Å². The molecule has 0 unspecified atom stereocenters. The van der Waals surface area contributed by atoms with E-state index in [9.17, 15) is 4.79 Å². The number of hydrogen-bond acceptors (Lipinski definition) is 1. The molecule has 0 spiro atoms. The van der Waals surface area contributed by atoms with Gasteiger partial charge in [0.15, 0.2) is 0 Å². The first-order valence-corrected chi connectivity index (χ1v) is 5.32. The summed E-state index contributed by atoms with van der Waals surface area (Å²) in [5, 5.41) is 0. The van der Waals surface area contributed by atoms with Gasteiger partial charge in [-0.2, -0.15) is 0 Å². The minimum atomic E-state index is -0.0363. The highest BCUT2D eigenvalue weighted by atomic mass is 79.9. The van der Waals surface area contributed by atoms with Gasteiger partial charge < -0.3 is 0 Å². The van der Waals surface area contributed by atoms with Crippen LogP contribution < -0.4 is 0 Å². The molecule has 0 saturated carbocycles. The van der Waals surface area contributed by atoms with Crippen LogP contribution in [-0.4, -0.2) is 4.69 Å². The Kier molecular flexibility index (Phi) is 4.16. The predicted molar refractivity (Wildman–Crippen MR) is 58.3 cm³/mol. The Balaban J connectivity index is 2.73. The molecule has 1 rings (SSSR count). The quantitative estimate of drug-likeness (QED) is 0.736. The van der Waals surface area contributed by atoms with E-state index < -0.39 is 0 Å². The summed E-state index contributed by atoms with van der Waals surface area (Å²) in [6, 6.07) is 7.77. The average molecular weight is 241 g/mol. The lowest BCUT2D eigenvalue weighted by molar-refractivity contribution is 0.109. The number of rotatable bonds is 4. The Labute approximate surface area is 87.3 Å². The largest absolute Gasteiger partial charge is 0.281 e. The van der Waals surface area contributed by atoms with Crippen molar-refractivity contribution in [3.8, 4) is 0 Å². The van der Waals surface area contributed by atoms with Gasteiger partial charge in [0.2, 0.25) is 4.69 Å². The molecule has 0 radical (unpaired) electrons. The molecule has 70 valence electrons. The van der Waals surface area contributed by atoms with Gasteiger partial charge in [-0.3, -0.25) is 4.79 Å². The molecule has 13 heavy (non-hydrogen) atoms. The highest BCUT2D eigenvalue weighted by Gasteiger charge is 2.00. The summed E-state index contributed by atoms with van der Waals surface area (Å²) in [6.07, 6.45) is 3.43. The fourth-order valence-corrected chi connectivity index (χ4v) is 1.48. The minimum absolute atomic E-state index is 0.0363. The van der Waals surface area contributed by atoms with Crippen molar-refractivity contribution < 1.29 is 4.79 Å². The fraction of sp³-hybridized carbons (Fsp3) is 0.364. The maximum atomic E-state index is 11.0. The maximum absolute atomic E-state index is 11.0. The molecule has 0 N–H and O–H groups in total. The van der Waals surface area contributed by atoms with Gasteiger partial charge in [-0.15, -0.1) is 0 Å². The van der Waals surface area contributed by atoms with Crippen LogP contribution in [0.25, 0.3) is 0 Å². The normalized spacial score (nSPS) is 10.0. The highest BCUT2D eigenvalue weighted by molar-refractivity contribution is 9.18. The maximum Gasteiger partial charge on any atom is 0.228 e. The molecule has 0 saturated heterocycles. The van der Waals surface area contributed by atoms with E-state index in [2.05, 4.69) is 28.9 Å². The van der Waals surface area contributed by atoms with E-state index in [1.54, 1.807) is 0 Å². The molecule has 0 aliphatic heterocycles. The molecule has 0 aliphatic rings. The number of aryl methyl sites for hydroxylation is 1. The number of benzene rings is 1. The first-order chi connectivity index (χ1) is 6.24. The molecule has 0 heterocycles. The molecule has 0 fully saturated rings. The Morgan fingerprint density at radius 2 is 2.23 bits per heavy atom. The lowest BCUT2D eigenvalue weighted by Crippen LogP contribution is -1.91. The zero-order valence-electron chi connectivity index (χ0n) is 7.72. The van der Waals surface area contributed by atoms with Crippen LogP contribution in [0, 0.1) is 0 Å². The van der Waals surface area contributed by atoms with Crippen LogP contribution in [0.5, 0.6) is 0 Å². The third-order valence-corrected chi connectivity index (χ3v) is 2.43. The monoisotopic (exact) mass is 240 g/mol. The summed E-state index contributed by atoms with van der Waals surface area (Å²) in [6.45, 7) is 2.17. The second kappa shape index (κ2) is 5.18. The van der Waals surface area contributed by atoms with Gasteiger partial charge in [0.05, 0.1) is 0 Å². The van der Waals surface area contributed by atoms with Gasteiger partial charge in [0.1, 0.15) is 0 Å². The van der Waals surface area contributed by atoms with E-state index in [0.29, 0.717) is 0 Å². The summed E-state index contributed by atoms with van der Waals surface area (Å²) < 4.78 is -0.0363. The average Bonchev–Trinajstić information content (AvgIpc) is 2.15. The van der Waals surface area contributed by atoms with Crippen LogP contribution in [0.3, 0.4) is 0 Å². The Bertz CT molecular complexity index is 294. The van der Waals surface area contributed by atoms with Gasteiger partial charge in [0.25, 0.3) is 0 Å². The molecule has 1 nitrogen and oxygen atoms in total. The zero-order chi connectivity index (χ0) is 9.68. The molecule has 0 amide bonds. The van der Waals surface area contributed by atoms with Crippen molar-refractivity contribution >= 4 is 20.6 Å². The van der Waals surface area contributed by atoms with Crippen molar-refractivity contribution in [2.45, 2.75) is 26.2 Å². The van der Waals surface area contributed by atoms with E-state index in [4.69, 9.17) is 0 Å². The van der Waals surface area contributed by atoms with Crippen molar-refractivity contribution in [1.29, 1.82) is 0 Å². The topological polar surface area (TPSA) is 17.1 Å². The second-order valence-electron chi connectivity index (χ2n) is 3.08. The number of halogens is 1. The minimum Gasteiger partial charge on any atom is -0.281 e. The first kappa shape index (κ1) is 10.5. The van der Waals surface area contributed by atoms with E-state index in [-0.39, 0.29) is 4.69 Å². The Hall–Kier alpha value is -0.630. The molecule has 1 aromatic rings. The molecular formula is C11H13BrO. The lowest BCUT2D eigenvalue weighted by atomic mass is 10.1. The molecule has 1 aromatic carbocycles. The van der Waals surface area contributed by atoms with Crippen LogP contribution in [0.4, 0.5) is 0 Å². The number of carbonyl (C=O) groups excluding carboxylic acids is 1. The third kappa shape index (κ3) is 3.31. The fourth-order valence-electron chi connectivity index (χ4n) is 1.23. The van der Waals surface area contributed by atoms with Crippen molar-refractivity contribution in [3.63, 3.8) is 0 Å². The van der Waals surface area contributed by atoms with E-state index in [0.717, 1.165) is 12.0 Å². The second-order valence-corrected chi connectivity index (χ2v) is 3.80.